The molecular formula is C13H18N2O3. The molecule has 0 radical (unpaired) electrons. The molecule has 0 spiro atoms. The number of carbonyl (C=O) groups excluding carboxylic acids is 1. The molecule has 18 heavy (non-hydrogen) atoms. The van der Waals surface area contributed by atoms with Crippen molar-refractivity contribution in [3.63, 3.8) is 0 Å². The van der Waals surface area contributed by atoms with E-state index in [0.717, 1.165) is 18.4 Å². The van der Waals surface area contributed by atoms with Gasteiger partial charge in [0.15, 0.2) is 0 Å². The number of amides is 1. The van der Waals surface area contributed by atoms with Crippen molar-refractivity contribution in [3.05, 3.63) is 39.9 Å². The Morgan fingerprint density at radius 2 is 2.00 bits per heavy atom. The zero-order chi connectivity index (χ0) is 13.4. The maximum atomic E-state index is 11.3. The van der Waals surface area contributed by atoms with Crippen molar-refractivity contribution in [2.45, 2.75) is 32.6 Å². The van der Waals surface area contributed by atoms with E-state index in [1.807, 2.05) is 6.92 Å². The van der Waals surface area contributed by atoms with Gasteiger partial charge in [0.1, 0.15) is 0 Å². The third-order valence-electron chi connectivity index (χ3n) is 2.64. The molecule has 1 rings (SSSR count). The summed E-state index contributed by atoms with van der Waals surface area (Å²) in [6.45, 7) is 2.62. The summed E-state index contributed by atoms with van der Waals surface area (Å²) < 4.78 is 0. The van der Waals surface area contributed by atoms with E-state index in [1.165, 1.54) is 12.1 Å². The fourth-order valence-corrected chi connectivity index (χ4v) is 1.56. The van der Waals surface area contributed by atoms with Gasteiger partial charge in [0, 0.05) is 25.1 Å². The van der Waals surface area contributed by atoms with Crippen LogP contribution in [-0.4, -0.2) is 17.4 Å². The highest BCUT2D eigenvalue weighted by Gasteiger charge is 2.04. The van der Waals surface area contributed by atoms with Crippen LogP contribution in [0.4, 0.5) is 5.69 Å². The normalized spacial score (nSPS) is 10.1. The van der Waals surface area contributed by atoms with Gasteiger partial charge < -0.3 is 5.32 Å². The molecule has 0 unspecified atom stereocenters. The Kier molecular flexibility index (Phi) is 5.84. The molecule has 1 N–H and O–H groups in total. The molecule has 1 aromatic rings. The summed E-state index contributed by atoms with van der Waals surface area (Å²) in [6.07, 6.45) is 3.17. The molecule has 5 heteroatoms. The molecular weight excluding hydrogens is 232 g/mol. The number of hydrogen-bond donors (Lipinski definition) is 1. The quantitative estimate of drug-likeness (QED) is 0.596. The van der Waals surface area contributed by atoms with Crippen LogP contribution in [0.2, 0.25) is 0 Å². The Morgan fingerprint density at radius 1 is 1.33 bits per heavy atom. The highest BCUT2D eigenvalue weighted by molar-refractivity contribution is 5.75. The van der Waals surface area contributed by atoms with Crippen LogP contribution in [0.25, 0.3) is 0 Å². The highest BCUT2D eigenvalue weighted by atomic mass is 16.6. The number of nitro groups is 1. The van der Waals surface area contributed by atoms with E-state index in [-0.39, 0.29) is 11.6 Å². The van der Waals surface area contributed by atoms with Crippen LogP contribution in [0.1, 0.15) is 31.7 Å². The van der Waals surface area contributed by atoms with Gasteiger partial charge in [-0.2, -0.15) is 0 Å². The van der Waals surface area contributed by atoms with E-state index in [2.05, 4.69) is 5.32 Å². The zero-order valence-electron chi connectivity index (χ0n) is 10.5. The van der Waals surface area contributed by atoms with Crippen LogP contribution in [0.5, 0.6) is 0 Å². The Hall–Kier alpha value is -1.91. The van der Waals surface area contributed by atoms with Crippen LogP contribution in [0.3, 0.4) is 0 Å². The Morgan fingerprint density at radius 3 is 2.56 bits per heavy atom. The van der Waals surface area contributed by atoms with Crippen molar-refractivity contribution in [3.8, 4) is 0 Å². The molecule has 0 aliphatic heterocycles. The van der Waals surface area contributed by atoms with Crippen LogP contribution in [-0.2, 0) is 11.2 Å². The Balaban J connectivity index is 2.31. The second-order valence-corrected chi connectivity index (χ2v) is 4.13. The van der Waals surface area contributed by atoms with Crippen molar-refractivity contribution in [1.82, 2.24) is 5.32 Å². The summed E-state index contributed by atoms with van der Waals surface area (Å²) in [7, 11) is 0. The summed E-state index contributed by atoms with van der Waals surface area (Å²) in [4.78, 5) is 21.4. The van der Waals surface area contributed by atoms with Crippen molar-refractivity contribution in [1.29, 1.82) is 0 Å². The number of non-ortho nitro benzene ring substituents is 1. The molecule has 0 aromatic heterocycles. The van der Waals surface area contributed by atoms with E-state index < -0.39 is 4.92 Å². The first-order valence-electron chi connectivity index (χ1n) is 6.13. The van der Waals surface area contributed by atoms with Gasteiger partial charge in [-0.3, -0.25) is 14.9 Å². The number of nitrogens with one attached hydrogen (secondary N) is 1. The third kappa shape index (κ3) is 4.95. The van der Waals surface area contributed by atoms with E-state index in [1.54, 1.807) is 12.1 Å². The molecule has 0 aliphatic rings. The molecule has 0 saturated heterocycles. The zero-order valence-corrected chi connectivity index (χ0v) is 10.5. The Labute approximate surface area is 106 Å². The van der Waals surface area contributed by atoms with Gasteiger partial charge in [0.2, 0.25) is 5.91 Å². The molecule has 1 amide bonds. The molecule has 0 fully saturated rings. The van der Waals surface area contributed by atoms with Crippen LogP contribution in [0, 0.1) is 10.1 Å². The highest BCUT2D eigenvalue weighted by Crippen LogP contribution is 2.11. The minimum atomic E-state index is -0.420. The fraction of sp³-hybridized carbons (Fsp3) is 0.462. The van der Waals surface area contributed by atoms with Crippen molar-refractivity contribution in [2.75, 3.05) is 6.54 Å². The molecule has 0 aliphatic carbocycles. The van der Waals surface area contributed by atoms with Gasteiger partial charge in [0.25, 0.3) is 5.69 Å². The Bertz CT molecular complexity index is 401. The second-order valence-electron chi connectivity index (χ2n) is 4.13. The van der Waals surface area contributed by atoms with E-state index >= 15 is 0 Å². The van der Waals surface area contributed by atoms with Gasteiger partial charge in [-0.05, 0) is 18.4 Å². The maximum Gasteiger partial charge on any atom is 0.269 e. The first-order chi connectivity index (χ1) is 8.63. The lowest BCUT2D eigenvalue weighted by Gasteiger charge is -2.04. The largest absolute Gasteiger partial charge is 0.356 e. The minimum Gasteiger partial charge on any atom is -0.356 e. The smallest absolute Gasteiger partial charge is 0.269 e. The average Bonchev–Trinajstić information content (AvgIpc) is 2.37. The number of nitro benzene ring substituents is 1. The number of unbranched alkanes of at least 4 members (excludes halogenated alkanes) is 1. The summed E-state index contributed by atoms with van der Waals surface area (Å²) in [5, 5.41) is 13.3. The SMILES string of the molecule is CCCCC(=O)NCCc1ccc([N+](=O)[O-])cc1. The fourth-order valence-electron chi connectivity index (χ4n) is 1.56. The summed E-state index contributed by atoms with van der Waals surface area (Å²) >= 11 is 0. The van der Waals surface area contributed by atoms with E-state index in [9.17, 15) is 14.9 Å². The van der Waals surface area contributed by atoms with Gasteiger partial charge >= 0.3 is 0 Å². The van der Waals surface area contributed by atoms with E-state index in [4.69, 9.17) is 0 Å². The van der Waals surface area contributed by atoms with Gasteiger partial charge in [0.05, 0.1) is 4.92 Å². The first kappa shape index (κ1) is 14.2. The number of benzene rings is 1. The lowest BCUT2D eigenvalue weighted by atomic mass is 10.1. The maximum absolute atomic E-state index is 11.3. The van der Waals surface area contributed by atoms with Crippen LogP contribution < -0.4 is 5.32 Å². The molecule has 5 nitrogen and oxygen atoms in total. The standard InChI is InChI=1S/C13H18N2O3/c1-2-3-4-13(16)14-10-9-11-5-7-12(8-6-11)15(17)18/h5-8H,2-4,9-10H2,1H3,(H,14,16). The second kappa shape index (κ2) is 7.42. The van der Waals surface area contributed by atoms with E-state index in [0.29, 0.717) is 19.4 Å². The number of rotatable bonds is 7. The first-order valence-corrected chi connectivity index (χ1v) is 6.13. The van der Waals surface area contributed by atoms with Gasteiger partial charge in [-0.1, -0.05) is 25.5 Å². The molecule has 0 heterocycles. The molecule has 98 valence electrons. The minimum absolute atomic E-state index is 0.0683. The third-order valence-corrected chi connectivity index (χ3v) is 2.64. The number of hydrogen-bond acceptors (Lipinski definition) is 3. The lowest BCUT2D eigenvalue weighted by Crippen LogP contribution is -2.25. The number of nitrogens with zero attached hydrogens (tertiary/aromatic N) is 1. The van der Waals surface area contributed by atoms with Crippen molar-refractivity contribution < 1.29 is 9.72 Å². The average molecular weight is 250 g/mol. The van der Waals surface area contributed by atoms with Crippen molar-refractivity contribution >= 4 is 11.6 Å². The summed E-state index contributed by atoms with van der Waals surface area (Å²) in [6, 6.07) is 6.40. The number of carbonyl (C=O) groups is 1. The predicted molar refractivity (Wildman–Crippen MR) is 69.3 cm³/mol. The lowest BCUT2D eigenvalue weighted by molar-refractivity contribution is -0.384. The predicted octanol–water partition coefficient (Wildman–Crippen LogP) is 2.44. The monoisotopic (exact) mass is 250 g/mol. The molecule has 0 bridgehead atoms. The molecule has 1 aromatic carbocycles. The summed E-state index contributed by atoms with van der Waals surface area (Å²) in [5.74, 6) is 0.0683. The molecule has 0 saturated carbocycles. The van der Waals surface area contributed by atoms with Gasteiger partial charge in [-0.25, -0.2) is 0 Å². The van der Waals surface area contributed by atoms with Crippen LogP contribution in [0.15, 0.2) is 24.3 Å². The van der Waals surface area contributed by atoms with Crippen LogP contribution >= 0.6 is 0 Å². The topological polar surface area (TPSA) is 72.2 Å². The summed E-state index contributed by atoms with van der Waals surface area (Å²) in [5.41, 5.74) is 1.07. The van der Waals surface area contributed by atoms with Crippen molar-refractivity contribution in [2.24, 2.45) is 0 Å². The molecule has 0 atom stereocenters. The van der Waals surface area contributed by atoms with Gasteiger partial charge in [-0.15, -0.1) is 0 Å².